The van der Waals surface area contributed by atoms with Crippen LogP contribution in [-0.4, -0.2) is 49.5 Å². The van der Waals surface area contributed by atoms with Gasteiger partial charge in [0.2, 0.25) is 0 Å². The maximum Gasteiger partial charge on any atom is 0.265 e. The molecule has 0 radical (unpaired) electrons. The second-order valence-corrected chi connectivity index (χ2v) is 7.78. The summed E-state index contributed by atoms with van der Waals surface area (Å²) in [5.74, 6) is 1.22. The van der Waals surface area contributed by atoms with Gasteiger partial charge in [0.25, 0.3) is 11.8 Å². The fraction of sp³-hybridized carbons (Fsp3) is 0.391. The maximum absolute atomic E-state index is 12.9. The quantitative estimate of drug-likeness (QED) is 0.766. The van der Waals surface area contributed by atoms with E-state index in [1.165, 1.54) is 0 Å². The zero-order valence-corrected chi connectivity index (χ0v) is 17.9. The first-order valence-electron chi connectivity index (χ1n) is 10.2. The molecule has 7 heteroatoms. The molecule has 6 nitrogen and oxygen atoms in total. The molecule has 1 unspecified atom stereocenters. The number of piperidine rings is 1. The first-order chi connectivity index (χ1) is 14.1. The van der Waals surface area contributed by atoms with E-state index in [9.17, 15) is 9.59 Å². The lowest BCUT2D eigenvalue weighted by Crippen LogP contribution is -2.40. The summed E-state index contributed by atoms with van der Waals surface area (Å²) in [4.78, 5) is 27.4. The first kappa shape index (κ1) is 22.1. The number of para-hydroxylation sites is 1. The van der Waals surface area contributed by atoms with E-state index >= 15 is 0 Å². The molecule has 1 fully saturated rings. The molecule has 1 atom stereocenters. The van der Waals surface area contributed by atoms with Crippen molar-refractivity contribution in [1.29, 1.82) is 0 Å². The van der Waals surface area contributed by atoms with Gasteiger partial charge in [0, 0.05) is 30.8 Å². The number of likely N-dealkylation sites (tertiary alicyclic amines) is 1. The number of carbonyl (C=O) groups is 2. The molecule has 0 saturated carbocycles. The molecule has 2 N–H and O–H groups in total. The predicted octanol–water partition coefficient (Wildman–Crippen LogP) is 3.12. The summed E-state index contributed by atoms with van der Waals surface area (Å²) in [7, 11) is 1.96. The Morgan fingerprint density at radius 3 is 2.60 bits per heavy atom. The number of nitrogens with one attached hydrogen (secondary N) is 2. The van der Waals surface area contributed by atoms with Crippen LogP contribution >= 0.6 is 12.4 Å². The van der Waals surface area contributed by atoms with Gasteiger partial charge in [-0.2, -0.15) is 0 Å². The average Bonchev–Trinajstić information content (AvgIpc) is 3.19. The highest BCUT2D eigenvalue weighted by Gasteiger charge is 2.29. The van der Waals surface area contributed by atoms with E-state index in [4.69, 9.17) is 4.74 Å². The van der Waals surface area contributed by atoms with E-state index in [1.54, 1.807) is 24.3 Å². The Balaban J connectivity index is 0.00000256. The number of benzene rings is 2. The van der Waals surface area contributed by atoms with Gasteiger partial charge in [-0.3, -0.25) is 9.59 Å². The molecule has 160 valence electrons. The van der Waals surface area contributed by atoms with Gasteiger partial charge in [0.05, 0.1) is 0 Å². The number of hydrogen-bond donors (Lipinski definition) is 2. The molecule has 0 spiro atoms. The third kappa shape index (κ3) is 4.94. The number of halogens is 1. The molecule has 2 heterocycles. The number of ether oxygens (including phenoxy) is 1. The molecule has 0 aliphatic carbocycles. The summed E-state index contributed by atoms with van der Waals surface area (Å²) < 4.78 is 5.75. The molecule has 30 heavy (non-hydrogen) atoms. The Morgan fingerprint density at radius 1 is 1.10 bits per heavy atom. The Labute approximate surface area is 183 Å². The minimum atomic E-state index is -0.544. The van der Waals surface area contributed by atoms with Crippen molar-refractivity contribution in [3.05, 3.63) is 59.7 Å². The van der Waals surface area contributed by atoms with Gasteiger partial charge in [-0.15, -0.1) is 12.4 Å². The van der Waals surface area contributed by atoms with E-state index in [0.717, 1.165) is 43.8 Å². The number of hydrogen-bond acceptors (Lipinski definition) is 4. The van der Waals surface area contributed by atoms with E-state index in [0.29, 0.717) is 23.6 Å². The minimum absolute atomic E-state index is 0. The summed E-state index contributed by atoms with van der Waals surface area (Å²) in [6, 6.07) is 14.9. The fourth-order valence-electron chi connectivity index (χ4n) is 4.09. The average molecular weight is 430 g/mol. The standard InChI is InChI=1S/C23H27N3O3.ClH/c1-24-15-16-9-11-26(12-10-16)23(28)18-6-4-7-19(13-18)25-22(27)21-14-17-5-2-3-8-20(17)29-21;/h2-8,13,16,21,24H,9-12,14-15H2,1H3,(H,25,27);1H. The van der Waals surface area contributed by atoms with Gasteiger partial charge in [-0.05, 0) is 62.2 Å². The summed E-state index contributed by atoms with van der Waals surface area (Å²) in [6.45, 7) is 2.54. The Kier molecular flexibility index (Phi) is 7.34. The van der Waals surface area contributed by atoms with E-state index < -0.39 is 6.10 Å². The van der Waals surface area contributed by atoms with Gasteiger partial charge >= 0.3 is 0 Å². The molecule has 0 aromatic heterocycles. The van der Waals surface area contributed by atoms with Gasteiger partial charge in [0.15, 0.2) is 6.10 Å². The van der Waals surface area contributed by atoms with Crippen molar-refractivity contribution < 1.29 is 14.3 Å². The van der Waals surface area contributed by atoms with Gasteiger partial charge in [0.1, 0.15) is 5.75 Å². The van der Waals surface area contributed by atoms with Crippen molar-refractivity contribution in [2.45, 2.75) is 25.4 Å². The summed E-state index contributed by atoms with van der Waals surface area (Å²) in [5.41, 5.74) is 2.26. The normalized spacial score (nSPS) is 18.2. The van der Waals surface area contributed by atoms with Crippen LogP contribution in [0.15, 0.2) is 48.5 Å². The van der Waals surface area contributed by atoms with Crippen molar-refractivity contribution in [1.82, 2.24) is 10.2 Å². The van der Waals surface area contributed by atoms with Crippen LogP contribution in [0.3, 0.4) is 0 Å². The predicted molar refractivity (Wildman–Crippen MR) is 119 cm³/mol. The second kappa shape index (κ2) is 9.96. The van der Waals surface area contributed by atoms with Gasteiger partial charge in [-0.1, -0.05) is 24.3 Å². The second-order valence-electron chi connectivity index (χ2n) is 7.78. The number of anilines is 1. The van der Waals surface area contributed by atoms with Crippen LogP contribution in [0, 0.1) is 5.92 Å². The molecule has 0 bridgehead atoms. The van der Waals surface area contributed by atoms with Crippen LogP contribution in [0.25, 0.3) is 0 Å². The number of nitrogens with zero attached hydrogens (tertiary/aromatic N) is 1. The van der Waals surface area contributed by atoms with Crippen LogP contribution < -0.4 is 15.4 Å². The molecule has 2 aromatic rings. The van der Waals surface area contributed by atoms with Gasteiger partial charge < -0.3 is 20.3 Å². The Morgan fingerprint density at radius 2 is 1.87 bits per heavy atom. The van der Waals surface area contributed by atoms with E-state index in [-0.39, 0.29) is 24.2 Å². The van der Waals surface area contributed by atoms with Crippen LogP contribution in [0.5, 0.6) is 5.75 Å². The van der Waals surface area contributed by atoms with Crippen molar-refractivity contribution in [3.8, 4) is 5.75 Å². The lowest BCUT2D eigenvalue weighted by molar-refractivity contribution is -0.122. The van der Waals surface area contributed by atoms with E-state index in [1.807, 2.05) is 36.2 Å². The van der Waals surface area contributed by atoms with Gasteiger partial charge in [-0.25, -0.2) is 0 Å². The fourth-order valence-corrected chi connectivity index (χ4v) is 4.09. The highest BCUT2D eigenvalue weighted by Crippen LogP contribution is 2.29. The molecule has 2 aliphatic rings. The molecular formula is C23H28ClN3O3. The third-order valence-corrected chi connectivity index (χ3v) is 5.71. The smallest absolute Gasteiger partial charge is 0.265 e. The molecule has 1 saturated heterocycles. The molecular weight excluding hydrogens is 402 g/mol. The number of rotatable bonds is 5. The zero-order valence-electron chi connectivity index (χ0n) is 17.1. The van der Waals surface area contributed by atoms with Crippen LogP contribution in [-0.2, 0) is 11.2 Å². The minimum Gasteiger partial charge on any atom is -0.480 e. The Bertz CT molecular complexity index is 872. The van der Waals surface area contributed by atoms with Crippen molar-refractivity contribution in [3.63, 3.8) is 0 Å². The lowest BCUT2D eigenvalue weighted by atomic mass is 9.96. The molecule has 2 aliphatic heterocycles. The largest absolute Gasteiger partial charge is 0.480 e. The topological polar surface area (TPSA) is 70.7 Å². The van der Waals surface area contributed by atoms with E-state index in [2.05, 4.69) is 10.6 Å². The Hall–Kier alpha value is -2.57. The third-order valence-electron chi connectivity index (χ3n) is 5.71. The first-order valence-corrected chi connectivity index (χ1v) is 10.2. The number of fused-ring (bicyclic) bond motifs is 1. The highest BCUT2D eigenvalue weighted by atomic mass is 35.5. The van der Waals surface area contributed by atoms with Crippen molar-refractivity contribution >= 4 is 29.9 Å². The number of amides is 2. The zero-order chi connectivity index (χ0) is 20.2. The molecule has 4 rings (SSSR count). The SMILES string of the molecule is CNCC1CCN(C(=O)c2cccc(NC(=O)C3Cc4ccccc4O3)c2)CC1.Cl. The molecule has 2 aromatic carbocycles. The summed E-state index contributed by atoms with van der Waals surface area (Å²) in [5, 5.41) is 6.11. The maximum atomic E-state index is 12.9. The monoisotopic (exact) mass is 429 g/mol. The van der Waals surface area contributed by atoms with Crippen molar-refractivity contribution in [2.24, 2.45) is 5.92 Å². The highest BCUT2D eigenvalue weighted by molar-refractivity contribution is 5.98. The number of carbonyl (C=O) groups excluding carboxylic acids is 2. The van der Waals surface area contributed by atoms with Crippen LogP contribution in [0.2, 0.25) is 0 Å². The summed E-state index contributed by atoms with van der Waals surface area (Å²) >= 11 is 0. The molecule has 2 amide bonds. The van der Waals surface area contributed by atoms with Crippen LogP contribution in [0.1, 0.15) is 28.8 Å². The lowest BCUT2D eigenvalue weighted by Gasteiger charge is -2.32. The van der Waals surface area contributed by atoms with Crippen molar-refractivity contribution in [2.75, 3.05) is 32.0 Å². The van der Waals surface area contributed by atoms with Crippen LogP contribution in [0.4, 0.5) is 5.69 Å². The summed E-state index contributed by atoms with van der Waals surface area (Å²) in [6.07, 6.45) is 2.05.